The third-order valence-electron chi connectivity index (χ3n) is 4.13. The van der Waals surface area contributed by atoms with Crippen LogP contribution in [-0.4, -0.2) is 54.1 Å². The molecule has 0 radical (unpaired) electrons. The number of likely N-dealkylation sites (tertiary alicyclic amines) is 1. The van der Waals surface area contributed by atoms with Gasteiger partial charge in [-0.2, -0.15) is 0 Å². The molecule has 2 fully saturated rings. The van der Waals surface area contributed by atoms with Crippen molar-refractivity contribution >= 4 is 23.6 Å². The molecule has 1 aromatic rings. The maximum absolute atomic E-state index is 12.3. The van der Waals surface area contributed by atoms with Crippen molar-refractivity contribution in [3.05, 3.63) is 29.8 Å². The van der Waals surface area contributed by atoms with Crippen LogP contribution < -0.4 is 4.74 Å². The Balaban J connectivity index is 1.72. The lowest BCUT2D eigenvalue weighted by Gasteiger charge is -2.26. The average Bonchev–Trinajstić information content (AvgIpc) is 3.19. The Labute approximate surface area is 134 Å². The predicted octanol–water partition coefficient (Wildman–Crippen LogP) is 1.89. The van der Waals surface area contributed by atoms with Crippen LogP contribution in [-0.2, 0) is 9.59 Å². The first-order chi connectivity index (χ1) is 10.7. The number of hydrogen-bond donors (Lipinski definition) is 0. The van der Waals surface area contributed by atoms with Gasteiger partial charge in [0, 0.05) is 13.1 Å². The van der Waals surface area contributed by atoms with E-state index < -0.39 is 0 Å². The number of methoxy groups -OCH3 is 1. The third-order valence-corrected chi connectivity index (χ3v) is 5.39. The summed E-state index contributed by atoms with van der Waals surface area (Å²) in [7, 11) is 1.63. The van der Waals surface area contributed by atoms with E-state index in [1.807, 2.05) is 29.2 Å². The van der Waals surface area contributed by atoms with Gasteiger partial charge in [-0.3, -0.25) is 9.59 Å². The number of ether oxygens (including phenoxy) is 1. The van der Waals surface area contributed by atoms with E-state index in [0.29, 0.717) is 5.75 Å². The summed E-state index contributed by atoms with van der Waals surface area (Å²) < 4.78 is 5.16. The van der Waals surface area contributed by atoms with Gasteiger partial charge in [0.15, 0.2) is 0 Å². The lowest BCUT2D eigenvalue weighted by Crippen LogP contribution is -2.40. The number of amides is 2. The van der Waals surface area contributed by atoms with Gasteiger partial charge in [-0.05, 0) is 30.5 Å². The number of benzene rings is 1. The summed E-state index contributed by atoms with van der Waals surface area (Å²) in [5, 5.41) is -0.0787. The smallest absolute Gasteiger partial charge is 0.242 e. The van der Waals surface area contributed by atoms with Crippen LogP contribution in [0.4, 0.5) is 0 Å². The first kappa shape index (κ1) is 15.2. The largest absolute Gasteiger partial charge is 0.497 e. The van der Waals surface area contributed by atoms with Gasteiger partial charge in [-0.25, -0.2) is 0 Å². The second kappa shape index (κ2) is 6.60. The zero-order valence-electron chi connectivity index (χ0n) is 12.7. The van der Waals surface area contributed by atoms with Gasteiger partial charge in [0.1, 0.15) is 17.7 Å². The van der Waals surface area contributed by atoms with Crippen LogP contribution in [0, 0.1) is 0 Å². The molecule has 0 aromatic heterocycles. The number of thioether (sulfide) groups is 1. The molecule has 118 valence electrons. The Morgan fingerprint density at radius 3 is 2.59 bits per heavy atom. The minimum atomic E-state index is -0.0787. The Bertz CT molecular complexity index is 555. The van der Waals surface area contributed by atoms with E-state index in [2.05, 4.69) is 0 Å². The molecule has 2 aliphatic heterocycles. The maximum atomic E-state index is 12.3. The second-order valence-electron chi connectivity index (χ2n) is 5.55. The highest BCUT2D eigenvalue weighted by Crippen LogP contribution is 2.38. The summed E-state index contributed by atoms with van der Waals surface area (Å²) in [5.41, 5.74) is 1.03. The lowest BCUT2D eigenvalue weighted by atomic mass is 10.2. The van der Waals surface area contributed by atoms with Crippen LogP contribution >= 0.6 is 11.8 Å². The summed E-state index contributed by atoms with van der Waals surface area (Å²) >= 11 is 1.57. The molecule has 2 aliphatic rings. The van der Waals surface area contributed by atoms with Crippen LogP contribution in [0.2, 0.25) is 0 Å². The van der Waals surface area contributed by atoms with Crippen molar-refractivity contribution in [3.8, 4) is 5.75 Å². The van der Waals surface area contributed by atoms with E-state index in [4.69, 9.17) is 4.74 Å². The van der Waals surface area contributed by atoms with Crippen molar-refractivity contribution in [1.29, 1.82) is 0 Å². The lowest BCUT2D eigenvalue weighted by molar-refractivity contribution is -0.138. The Morgan fingerprint density at radius 1 is 1.27 bits per heavy atom. The summed E-state index contributed by atoms with van der Waals surface area (Å²) in [4.78, 5) is 28.0. The van der Waals surface area contributed by atoms with Crippen molar-refractivity contribution in [1.82, 2.24) is 9.80 Å². The molecular weight excluding hydrogens is 300 g/mol. The Hall–Kier alpha value is -1.69. The maximum Gasteiger partial charge on any atom is 0.242 e. The van der Waals surface area contributed by atoms with E-state index in [0.717, 1.165) is 37.2 Å². The van der Waals surface area contributed by atoms with E-state index in [9.17, 15) is 9.59 Å². The molecule has 2 saturated heterocycles. The molecule has 0 N–H and O–H groups in total. The van der Waals surface area contributed by atoms with Gasteiger partial charge in [0.05, 0.1) is 12.9 Å². The molecule has 0 spiro atoms. The number of carbonyl (C=O) groups excluding carboxylic acids is 2. The normalized spacial score (nSPS) is 21.5. The third kappa shape index (κ3) is 3.06. The zero-order valence-corrected chi connectivity index (χ0v) is 13.5. The summed E-state index contributed by atoms with van der Waals surface area (Å²) in [6.07, 6.45) is 2.13. The Morgan fingerprint density at radius 2 is 1.95 bits per heavy atom. The molecule has 0 aliphatic carbocycles. The number of nitrogens with zero attached hydrogens (tertiary/aromatic N) is 2. The number of hydrogen-bond acceptors (Lipinski definition) is 4. The van der Waals surface area contributed by atoms with Gasteiger partial charge in [-0.1, -0.05) is 12.1 Å². The fraction of sp³-hybridized carbons (Fsp3) is 0.500. The van der Waals surface area contributed by atoms with Crippen LogP contribution in [0.15, 0.2) is 24.3 Å². The molecule has 3 rings (SSSR count). The predicted molar refractivity (Wildman–Crippen MR) is 85.7 cm³/mol. The molecule has 6 heteroatoms. The molecule has 1 atom stereocenters. The van der Waals surface area contributed by atoms with Crippen LogP contribution in [0.3, 0.4) is 0 Å². The van der Waals surface area contributed by atoms with Gasteiger partial charge < -0.3 is 14.5 Å². The van der Waals surface area contributed by atoms with Gasteiger partial charge in [0.2, 0.25) is 11.8 Å². The van der Waals surface area contributed by atoms with E-state index >= 15 is 0 Å². The molecule has 2 amide bonds. The monoisotopic (exact) mass is 320 g/mol. The molecule has 0 unspecified atom stereocenters. The molecular formula is C16H20N2O3S. The van der Waals surface area contributed by atoms with Crippen molar-refractivity contribution in [2.75, 3.05) is 32.5 Å². The molecule has 22 heavy (non-hydrogen) atoms. The highest BCUT2D eigenvalue weighted by Gasteiger charge is 2.35. The highest BCUT2D eigenvalue weighted by molar-refractivity contribution is 8.00. The standard InChI is InChI=1S/C16H20N2O3S/c1-21-13-6-4-12(5-7-13)16-18(15(20)11-22-16)10-14(19)17-8-2-3-9-17/h4-7,16H,2-3,8-11H2,1H3/t16-/m1/s1. The van der Waals surface area contributed by atoms with Gasteiger partial charge in [0.25, 0.3) is 0 Å². The van der Waals surface area contributed by atoms with Crippen molar-refractivity contribution in [2.24, 2.45) is 0 Å². The summed E-state index contributed by atoms with van der Waals surface area (Å²) in [5.74, 6) is 1.33. The SMILES string of the molecule is COc1ccc([C@H]2SCC(=O)N2CC(=O)N2CCCC2)cc1. The van der Waals surface area contributed by atoms with Crippen LogP contribution in [0.5, 0.6) is 5.75 Å². The number of rotatable bonds is 4. The fourth-order valence-corrected chi connectivity index (χ4v) is 4.07. The van der Waals surface area contributed by atoms with Crippen molar-refractivity contribution in [2.45, 2.75) is 18.2 Å². The zero-order chi connectivity index (χ0) is 15.5. The summed E-state index contributed by atoms with van der Waals surface area (Å²) in [6, 6.07) is 7.70. The molecule has 5 nitrogen and oxygen atoms in total. The van der Waals surface area contributed by atoms with Gasteiger partial charge >= 0.3 is 0 Å². The molecule has 2 heterocycles. The summed E-state index contributed by atoms with van der Waals surface area (Å²) in [6.45, 7) is 1.82. The van der Waals surface area contributed by atoms with E-state index in [-0.39, 0.29) is 23.7 Å². The average molecular weight is 320 g/mol. The van der Waals surface area contributed by atoms with Crippen molar-refractivity contribution < 1.29 is 14.3 Å². The first-order valence-electron chi connectivity index (χ1n) is 7.52. The van der Waals surface area contributed by atoms with Crippen LogP contribution in [0.1, 0.15) is 23.8 Å². The molecule has 1 aromatic carbocycles. The topological polar surface area (TPSA) is 49.9 Å². The molecule has 0 bridgehead atoms. The minimum absolute atomic E-state index is 0.0402. The first-order valence-corrected chi connectivity index (χ1v) is 8.56. The van der Waals surface area contributed by atoms with Crippen LogP contribution in [0.25, 0.3) is 0 Å². The number of carbonyl (C=O) groups is 2. The van der Waals surface area contributed by atoms with Crippen molar-refractivity contribution in [3.63, 3.8) is 0 Å². The van der Waals surface area contributed by atoms with Gasteiger partial charge in [-0.15, -0.1) is 11.8 Å². The van der Waals surface area contributed by atoms with E-state index in [1.54, 1.807) is 23.8 Å². The second-order valence-corrected chi connectivity index (χ2v) is 6.61. The Kier molecular flexibility index (Phi) is 4.57. The molecule has 0 saturated carbocycles. The quantitative estimate of drug-likeness (QED) is 0.850. The fourth-order valence-electron chi connectivity index (χ4n) is 2.88. The minimum Gasteiger partial charge on any atom is -0.497 e. The highest BCUT2D eigenvalue weighted by atomic mass is 32.2. The van der Waals surface area contributed by atoms with E-state index in [1.165, 1.54) is 0 Å².